The molecule has 0 aliphatic heterocycles. The third-order valence-corrected chi connectivity index (χ3v) is 5.43. The molecule has 0 fully saturated rings. The second-order valence-corrected chi connectivity index (χ2v) is 8.46. The summed E-state index contributed by atoms with van der Waals surface area (Å²) in [6, 6.07) is 25.9. The van der Waals surface area contributed by atoms with Crippen molar-refractivity contribution >= 4 is 36.1 Å². The molecule has 9 heteroatoms. The molecule has 1 unspecified atom stereocenters. The largest absolute Gasteiger partial charge is 0.451 e. The first kappa shape index (κ1) is 29.7. The first-order valence-corrected chi connectivity index (χ1v) is 12.1. The molecule has 3 rings (SSSR count). The van der Waals surface area contributed by atoms with Crippen molar-refractivity contribution in [3.63, 3.8) is 0 Å². The van der Waals surface area contributed by atoms with E-state index in [1.54, 1.807) is 91.0 Å². The highest BCUT2D eigenvalue weighted by Gasteiger charge is 2.62. The lowest BCUT2D eigenvalue weighted by atomic mass is 10.1. The Kier molecular flexibility index (Phi) is 10.3. The normalized spacial score (nSPS) is 12.9. The predicted octanol–water partition coefficient (Wildman–Crippen LogP) is 3.47. The van der Waals surface area contributed by atoms with Gasteiger partial charge in [-0.25, -0.2) is 14.4 Å². The van der Waals surface area contributed by atoms with Gasteiger partial charge in [0.25, 0.3) is 0 Å². The van der Waals surface area contributed by atoms with Gasteiger partial charge in [0, 0.05) is 18.2 Å². The molecule has 0 aromatic heterocycles. The van der Waals surface area contributed by atoms with Crippen LogP contribution in [0.3, 0.4) is 0 Å². The number of carbonyl (C=O) groups excluding carboxylic acids is 3. The quantitative estimate of drug-likeness (QED) is 0.188. The Morgan fingerprint density at radius 1 is 0.600 bits per heavy atom. The van der Waals surface area contributed by atoms with E-state index in [-0.39, 0.29) is 0 Å². The van der Waals surface area contributed by atoms with E-state index in [4.69, 9.17) is 14.2 Å². The lowest BCUT2D eigenvalue weighted by Gasteiger charge is -2.40. The first-order chi connectivity index (χ1) is 19.1. The van der Waals surface area contributed by atoms with Crippen LogP contribution in [0.1, 0.15) is 23.6 Å². The smallest absolute Gasteiger partial charge is 0.376 e. The van der Waals surface area contributed by atoms with Crippen molar-refractivity contribution in [3.8, 4) is 0 Å². The number of hydrogen-bond donors (Lipinski definition) is 3. The average molecular weight is 545 g/mol. The minimum Gasteiger partial charge on any atom is -0.451 e. The van der Waals surface area contributed by atoms with E-state index in [1.807, 2.05) is 0 Å². The van der Waals surface area contributed by atoms with E-state index >= 15 is 0 Å². The molecule has 0 heterocycles. The summed E-state index contributed by atoms with van der Waals surface area (Å²) in [6.07, 6.45) is 5.04. The molecule has 0 saturated heterocycles. The molecule has 3 N–H and O–H groups in total. The van der Waals surface area contributed by atoms with Crippen LogP contribution < -0.4 is 0 Å². The minimum atomic E-state index is -4.00. The minimum absolute atomic E-state index is 0.599. The molecule has 206 valence electrons. The zero-order chi connectivity index (χ0) is 29.0. The van der Waals surface area contributed by atoms with Crippen molar-refractivity contribution in [2.75, 3.05) is 0 Å². The van der Waals surface area contributed by atoms with E-state index in [9.17, 15) is 29.7 Å². The van der Waals surface area contributed by atoms with Crippen molar-refractivity contribution in [1.82, 2.24) is 0 Å². The number of hydrogen-bond acceptors (Lipinski definition) is 9. The number of rotatable bonds is 11. The van der Waals surface area contributed by atoms with Crippen LogP contribution in [0.5, 0.6) is 0 Å². The monoisotopic (exact) mass is 544 g/mol. The van der Waals surface area contributed by atoms with Crippen LogP contribution in [0, 0.1) is 0 Å². The molecule has 3 aromatic carbocycles. The van der Waals surface area contributed by atoms with Crippen molar-refractivity contribution in [1.29, 1.82) is 0 Å². The summed E-state index contributed by atoms with van der Waals surface area (Å²) in [7, 11) is 0. The zero-order valence-electron chi connectivity index (χ0n) is 21.5. The summed E-state index contributed by atoms with van der Waals surface area (Å²) in [5.41, 5.74) is 1.86. The van der Waals surface area contributed by atoms with Gasteiger partial charge in [0.15, 0.2) is 6.10 Å². The van der Waals surface area contributed by atoms with Crippen LogP contribution in [0.25, 0.3) is 18.2 Å². The summed E-state index contributed by atoms with van der Waals surface area (Å²) in [6.45, 7) is 1.05. The van der Waals surface area contributed by atoms with E-state index in [1.165, 1.54) is 18.2 Å². The molecule has 0 bridgehead atoms. The maximum atomic E-state index is 12.7. The Balaban J connectivity index is 1.89. The Hall–Kier alpha value is -4.83. The molecule has 0 spiro atoms. The number of esters is 3. The number of benzene rings is 3. The fraction of sp³-hybridized carbons (Fsp3) is 0.129. The molecule has 0 amide bonds. The summed E-state index contributed by atoms with van der Waals surface area (Å²) in [5.74, 6) is -10.8. The predicted molar refractivity (Wildman–Crippen MR) is 146 cm³/mol. The first-order valence-electron chi connectivity index (χ1n) is 12.1. The Morgan fingerprint density at radius 2 is 0.925 bits per heavy atom. The molecule has 9 nitrogen and oxygen atoms in total. The van der Waals surface area contributed by atoms with Crippen LogP contribution in [0.2, 0.25) is 0 Å². The van der Waals surface area contributed by atoms with Crippen LogP contribution >= 0.6 is 0 Å². The number of ether oxygens (including phenoxy) is 3. The second-order valence-electron chi connectivity index (χ2n) is 8.46. The molecule has 3 aromatic rings. The van der Waals surface area contributed by atoms with Crippen LogP contribution in [-0.4, -0.2) is 51.1 Å². The van der Waals surface area contributed by atoms with Gasteiger partial charge in [-0.15, -0.1) is 0 Å². The molecular formula is C31H28O9. The van der Waals surface area contributed by atoms with Crippen LogP contribution in [-0.2, 0) is 28.6 Å². The lowest BCUT2D eigenvalue weighted by Crippen LogP contribution is -2.66. The van der Waals surface area contributed by atoms with E-state index in [0.29, 0.717) is 16.7 Å². The van der Waals surface area contributed by atoms with E-state index in [0.717, 1.165) is 25.2 Å². The zero-order valence-corrected chi connectivity index (χ0v) is 21.5. The lowest BCUT2D eigenvalue weighted by molar-refractivity contribution is -0.458. The molecular weight excluding hydrogens is 516 g/mol. The Bertz CT molecular complexity index is 1290. The number of carbonyl (C=O) groups is 3. The molecule has 40 heavy (non-hydrogen) atoms. The van der Waals surface area contributed by atoms with Crippen LogP contribution in [0.15, 0.2) is 109 Å². The van der Waals surface area contributed by atoms with Crippen molar-refractivity contribution in [2.24, 2.45) is 0 Å². The molecule has 1 atom stereocenters. The van der Waals surface area contributed by atoms with Crippen molar-refractivity contribution in [3.05, 3.63) is 126 Å². The average Bonchev–Trinajstić information content (AvgIpc) is 2.94. The van der Waals surface area contributed by atoms with Gasteiger partial charge in [-0.2, -0.15) is 0 Å². The summed E-state index contributed by atoms with van der Waals surface area (Å²) in [4.78, 5) is 38.0. The maximum absolute atomic E-state index is 12.7. The summed E-state index contributed by atoms with van der Waals surface area (Å²) >= 11 is 0. The summed E-state index contributed by atoms with van der Waals surface area (Å²) in [5, 5.41) is 30.9. The molecule has 0 aliphatic rings. The van der Waals surface area contributed by atoms with Gasteiger partial charge in [0.1, 0.15) is 0 Å². The topological polar surface area (TPSA) is 140 Å². The third-order valence-electron chi connectivity index (χ3n) is 5.43. The third kappa shape index (κ3) is 8.60. The van der Waals surface area contributed by atoms with Crippen LogP contribution in [0.4, 0.5) is 0 Å². The van der Waals surface area contributed by atoms with Gasteiger partial charge in [-0.1, -0.05) is 91.0 Å². The van der Waals surface area contributed by atoms with E-state index in [2.05, 4.69) is 0 Å². The standard InChI is InChI=1S/C31H28O9/c1-23(38-27(32)20-17-24-11-5-2-6-12-24)30(31(35,36)37,39-28(33)21-18-25-13-7-3-8-14-25)40-29(34)22-19-26-15-9-4-10-16-26/h2-23,35-37H,1H3/b20-17+,21-18+,22-19+. The highest BCUT2D eigenvalue weighted by atomic mass is 16.8. The maximum Gasteiger partial charge on any atom is 0.376 e. The van der Waals surface area contributed by atoms with Gasteiger partial charge in [0.2, 0.25) is 0 Å². The fourth-order valence-corrected chi connectivity index (χ4v) is 3.44. The second kappa shape index (κ2) is 13.8. The summed E-state index contributed by atoms with van der Waals surface area (Å²) < 4.78 is 15.4. The Labute approximate surface area is 230 Å². The molecule has 0 aliphatic carbocycles. The fourth-order valence-electron chi connectivity index (χ4n) is 3.44. The highest BCUT2D eigenvalue weighted by molar-refractivity contribution is 5.90. The number of aliphatic hydroxyl groups is 3. The highest BCUT2D eigenvalue weighted by Crippen LogP contribution is 2.32. The van der Waals surface area contributed by atoms with Gasteiger partial charge in [-0.05, 0) is 41.8 Å². The van der Waals surface area contributed by atoms with Crippen molar-refractivity contribution < 1.29 is 43.9 Å². The van der Waals surface area contributed by atoms with Crippen molar-refractivity contribution in [2.45, 2.75) is 24.8 Å². The molecule has 0 radical (unpaired) electrons. The van der Waals surface area contributed by atoms with Gasteiger partial charge in [-0.3, -0.25) is 0 Å². The van der Waals surface area contributed by atoms with Gasteiger partial charge in [0.05, 0.1) is 0 Å². The van der Waals surface area contributed by atoms with E-state index < -0.39 is 35.8 Å². The van der Waals surface area contributed by atoms with Gasteiger partial charge >= 0.3 is 29.7 Å². The Morgan fingerprint density at radius 3 is 1.25 bits per heavy atom. The molecule has 0 saturated carbocycles. The van der Waals surface area contributed by atoms with Gasteiger partial charge < -0.3 is 29.5 Å². The SMILES string of the molecule is CC(OC(=O)/C=C/c1ccccc1)C(OC(=O)/C=C/c1ccccc1)(OC(=O)/C=C/c1ccccc1)C(O)(O)O.